The average Bonchev–Trinajstić information content (AvgIpc) is 2.31. The van der Waals surface area contributed by atoms with Crippen molar-refractivity contribution in [2.75, 3.05) is 13.7 Å². The molecule has 0 heterocycles. The Labute approximate surface area is 102 Å². The van der Waals surface area contributed by atoms with E-state index in [9.17, 15) is 0 Å². The Kier molecular flexibility index (Phi) is 9.98. The van der Waals surface area contributed by atoms with Crippen molar-refractivity contribution in [3.8, 4) is 0 Å². The van der Waals surface area contributed by atoms with Crippen molar-refractivity contribution in [3.63, 3.8) is 0 Å². The topological polar surface area (TPSA) is 18.5 Å². The number of rotatable bonds is 11. The Bertz CT molecular complexity index is 173. The molecule has 0 saturated heterocycles. The standard InChI is InChI=1S/C13H28O2Si/c1-5-7-8-9-10-11-13-16(4,14-3)15-12-6-2/h6H,2,5,7-13H2,1,3-4H3. The molecule has 0 spiro atoms. The molecular formula is C13H28O2Si. The molecule has 0 aromatic heterocycles. The summed E-state index contributed by atoms with van der Waals surface area (Å²) < 4.78 is 11.3. The number of unbranched alkanes of at least 4 members (excludes halogenated alkanes) is 5. The highest BCUT2D eigenvalue weighted by atomic mass is 28.4. The van der Waals surface area contributed by atoms with Crippen LogP contribution in [0, 0.1) is 0 Å². The predicted molar refractivity (Wildman–Crippen MR) is 73.0 cm³/mol. The molecule has 96 valence electrons. The van der Waals surface area contributed by atoms with E-state index in [1.165, 1.54) is 38.5 Å². The molecule has 0 aromatic carbocycles. The van der Waals surface area contributed by atoms with Gasteiger partial charge in [-0.3, -0.25) is 0 Å². The normalized spacial score (nSPS) is 14.7. The van der Waals surface area contributed by atoms with Crippen molar-refractivity contribution < 1.29 is 8.85 Å². The minimum atomic E-state index is -1.88. The van der Waals surface area contributed by atoms with Gasteiger partial charge in [0.1, 0.15) is 0 Å². The van der Waals surface area contributed by atoms with Crippen molar-refractivity contribution in [1.29, 1.82) is 0 Å². The van der Waals surface area contributed by atoms with Crippen LogP contribution in [0.1, 0.15) is 45.4 Å². The molecule has 0 fully saturated rings. The van der Waals surface area contributed by atoms with E-state index in [1.807, 2.05) is 0 Å². The summed E-state index contributed by atoms with van der Waals surface area (Å²) in [5.74, 6) is 0. The third-order valence-electron chi connectivity index (χ3n) is 2.92. The third-order valence-corrected chi connectivity index (χ3v) is 5.83. The maximum absolute atomic E-state index is 5.75. The minimum Gasteiger partial charge on any atom is -0.398 e. The van der Waals surface area contributed by atoms with Crippen molar-refractivity contribution >= 4 is 8.56 Å². The summed E-state index contributed by atoms with van der Waals surface area (Å²) in [6, 6.07) is 1.10. The van der Waals surface area contributed by atoms with E-state index in [0.29, 0.717) is 6.61 Å². The minimum absolute atomic E-state index is 0.617. The maximum atomic E-state index is 5.75. The van der Waals surface area contributed by atoms with Crippen LogP contribution in [-0.2, 0) is 8.85 Å². The summed E-state index contributed by atoms with van der Waals surface area (Å²) in [7, 11) is -0.114. The van der Waals surface area contributed by atoms with E-state index in [4.69, 9.17) is 8.85 Å². The fraction of sp³-hybridized carbons (Fsp3) is 0.846. The zero-order chi connectivity index (χ0) is 12.3. The molecule has 1 unspecified atom stereocenters. The lowest BCUT2D eigenvalue weighted by Crippen LogP contribution is -2.37. The third kappa shape index (κ3) is 8.08. The Hall–Kier alpha value is -0.123. The summed E-state index contributed by atoms with van der Waals surface area (Å²) >= 11 is 0. The van der Waals surface area contributed by atoms with Crippen LogP contribution in [0.3, 0.4) is 0 Å². The Balaban J connectivity index is 3.56. The highest BCUT2D eigenvalue weighted by molar-refractivity contribution is 6.65. The van der Waals surface area contributed by atoms with Gasteiger partial charge in [0, 0.05) is 7.11 Å². The largest absolute Gasteiger partial charge is 0.398 e. The van der Waals surface area contributed by atoms with Crippen LogP contribution in [0.5, 0.6) is 0 Å². The summed E-state index contributed by atoms with van der Waals surface area (Å²) in [6.07, 6.45) is 9.74. The molecule has 0 bridgehead atoms. The van der Waals surface area contributed by atoms with Gasteiger partial charge in [-0.1, -0.05) is 51.5 Å². The van der Waals surface area contributed by atoms with E-state index in [0.717, 1.165) is 6.04 Å². The number of hydrogen-bond acceptors (Lipinski definition) is 2. The van der Waals surface area contributed by atoms with Crippen molar-refractivity contribution in [2.45, 2.75) is 58.0 Å². The van der Waals surface area contributed by atoms with Gasteiger partial charge in [-0.15, -0.1) is 6.58 Å². The maximum Gasteiger partial charge on any atom is 0.334 e. The quantitative estimate of drug-likeness (QED) is 0.307. The van der Waals surface area contributed by atoms with Crippen LogP contribution >= 0.6 is 0 Å². The summed E-state index contributed by atoms with van der Waals surface area (Å²) in [5, 5.41) is 0. The molecule has 0 aliphatic carbocycles. The fourth-order valence-corrected chi connectivity index (χ4v) is 3.52. The van der Waals surface area contributed by atoms with Gasteiger partial charge in [-0.05, 0) is 12.6 Å². The van der Waals surface area contributed by atoms with Crippen molar-refractivity contribution in [1.82, 2.24) is 0 Å². The predicted octanol–water partition coefficient (Wildman–Crippen LogP) is 4.27. The highest BCUT2D eigenvalue weighted by Gasteiger charge is 2.28. The second-order valence-electron chi connectivity index (χ2n) is 4.46. The van der Waals surface area contributed by atoms with E-state index in [1.54, 1.807) is 13.2 Å². The van der Waals surface area contributed by atoms with Gasteiger partial charge in [0.25, 0.3) is 0 Å². The van der Waals surface area contributed by atoms with Gasteiger partial charge in [0.05, 0.1) is 6.61 Å². The molecule has 2 nitrogen and oxygen atoms in total. The zero-order valence-corrected chi connectivity index (χ0v) is 12.3. The molecule has 16 heavy (non-hydrogen) atoms. The molecule has 0 aromatic rings. The Morgan fingerprint density at radius 2 is 1.75 bits per heavy atom. The van der Waals surface area contributed by atoms with Gasteiger partial charge in [-0.25, -0.2) is 0 Å². The highest BCUT2D eigenvalue weighted by Crippen LogP contribution is 2.18. The van der Waals surface area contributed by atoms with Gasteiger partial charge >= 0.3 is 8.56 Å². The van der Waals surface area contributed by atoms with E-state index in [-0.39, 0.29) is 0 Å². The summed E-state index contributed by atoms with van der Waals surface area (Å²) in [5.41, 5.74) is 0. The first kappa shape index (κ1) is 15.9. The lowest BCUT2D eigenvalue weighted by atomic mass is 10.1. The Morgan fingerprint density at radius 1 is 1.12 bits per heavy atom. The fourth-order valence-electron chi connectivity index (χ4n) is 1.69. The monoisotopic (exact) mass is 244 g/mol. The first-order valence-corrected chi connectivity index (χ1v) is 9.01. The van der Waals surface area contributed by atoms with E-state index in [2.05, 4.69) is 20.0 Å². The molecule has 0 aliphatic rings. The zero-order valence-electron chi connectivity index (χ0n) is 11.3. The molecule has 0 aliphatic heterocycles. The molecule has 1 atom stereocenters. The molecule has 0 rings (SSSR count). The molecule has 0 amide bonds. The van der Waals surface area contributed by atoms with Crippen LogP contribution in [0.25, 0.3) is 0 Å². The van der Waals surface area contributed by atoms with Crippen molar-refractivity contribution in [2.24, 2.45) is 0 Å². The van der Waals surface area contributed by atoms with Crippen molar-refractivity contribution in [3.05, 3.63) is 12.7 Å². The lowest BCUT2D eigenvalue weighted by molar-refractivity contribution is 0.225. The lowest BCUT2D eigenvalue weighted by Gasteiger charge is -2.24. The molecule has 0 N–H and O–H groups in total. The van der Waals surface area contributed by atoms with Gasteiger partial charge in [-0.2, -0.15) is 0 Å². The van der Waals surface area contributed by atoms with Gasteiger partial charge in [0.2, 0.25) is 0 Å². The summed E-state index contributed by atoms with van der Waals surface area (Å²) in [6.45, 7) is 8.68. The summed E-state index contributed by atoms with van der Waals surface area (Å²) in [4.78, 5) is 0. The first-order valence-electron chi connectivity index (χ1n) is 6.48. The van der Waals surface area contributed by atoms with E-state index >= 15 is 0 Å². The first-order chi connectivity index (χ1) is 7.68. The van der Waals surface area contributed by atoms with Crippen LogP contribution in [0.2, 0.25) is 12.6 Å². The average molecular weight is 244 g/mol. The smallest absolute Gasteiger partial charge is 0.334 e. The number of hydrogen-bond donors (Lipinski definition) is 0. The van der Waals surface area contributed by atoms with Crippen LogP contribution in [0.4, 0.5) is 0 Å². The Morgan fingerprint density at radius 3 is 2.31 bits per heavy atom. The second kappa shape index (κ2) is 10.1. The molecule has 0 radical (unpaired) electrons. The van der Waals surface area contributed by atoms with E-state index < -0.39 is 8.56 Å². The van der Waals surface area contributed by atoms with Crippen LogP contribution < -0.4 is 0 Å². The second-order valence-corrected chi connectivity index (χ2v) is 7.92. The molecule has 0 saturated carbocycles. The van der Waals surface area contributed by atoms with Gasteiger partial charge in [0.15, 0.2) is 0 Å². The van der Waals surface area contributed by atoms with Crippen LogP contribution in [0.15, 0.2) is 12.7 Å². The SMILES string of the molecule is C=CCO[Si](C)(CCCCCCCC)OC. The molecular weight excluding hydrogens is 216 g/mol. The van der Waals surface area contributed by atoms with Gasteiger partial charge < -0.3 is 8.85 Å². The molecule has 3 heteroatoms. The van der Waals surface area contributed by atoms with Crippen LogP contribution in [-0.4, -0.2) is 22.3 Å².